The number of hydrogen-bond donors (Lipinski definition) is 2. The van der Waals surface area contributed by atoms with Gasteiger partial charge in [0.05, 0.1) is 5.56 Å². The molecular weight excluding hydrogens is 185 g/mol. The first-order chi connectivity index (χ1) is 6.54. The van der Waals surface area contributed by atoms with Crippen LogP contribution < -0.4 is 5.73 Å². The van der Waals surface area contributed by atoms with E-state index in [0.717, 1.165) is 6.07 Å². The largest absolute Gasteiger partial charge is 0.478 e. The van der Waals surface area contributed by atoms with Gasteiger partial charge in [0.15, 0.2) is 0 Å². The fraction of sp³-hybridized carbons (Fsp3) is 0.300. The normalized spacial score (nSPS) is 12.5. The molecule has 0 spiro atoms. The maximum absolute atomic E-state index is 13.0. The molecule has 0 amide bonds. The van der Waals surface area contributed by atoms with Crippen LogP contribution in [0.5, 0.6) is 0 Å². The van der Waals surface area contributed by atoms with E-state index in [1.54, 1.807) is 0 Å². The van der Waals surface area contributed by atoms with E-state index in [1.807, 2.05) is 6.92 Å². The summed E-state index contributed by atoms with van der Waals surface area (Å²) < 4.78 is 13.0. The molecule has 0 aliphatic rings. The SMILES string of the molecule is CCC(N)c1cc(F)cc(C(=O)O)c1. The van der Waals surface area contributed by atoms with E-state index < -0.39 is 11.8 Å². The van der Waals surface area contributed by atoms with Gasteiger partial charge in [-0.2, -0.15) is 0 Å². The second kappa shape index (κ2) is 4.19. The predicted molar refractivity (Wildman–Crippen MR) is 50.6 cm³/mol. The summed E-state index contributed by atoms with van der Waals surface area (Å²) in [6.45, 7) is 1.86. The average molecular weight is 197 g/mol. The van der Waals surface area contributed by atoms with Gasteiger partial charge in [0.25, 0.3) is 0 Å². The van der Waals surface area contributed by atoms with Gasteiger partial charge in [-0.15, -0.1) is 0 Å². The summed E-state index contributed by atoms with van der Waals surface area (Å²) in [7, 11) is 0. The van der Waals surface area contributed by atoms with Gasteiger partial charge < -0.3 is 10.8 Å². The molecule has 0 bridgehead atoms. The molecule has 1 unspecified atom stereocenters. The Morgan fingerprint density at radius 3 is 2.71 bits per heavy atom. The Labute approximate surface area is 81.4 Å². The summed E-state index contributed by atoms with van der Waals surface area (Å²) in [6, 6.07) is 3.33. The molecule has 14 heavy (non-hydrogen) atoms. The number of carbonyl (C=O) groups is 1. The molecule has 76 valence electrons. The predicted octanol–water partition coefficient (Wildman–Crippen LogP) is 1.93. The Hall–Kier alpha value is -1.42. The Kier molecular flexibility index (Phi) is 3.19. The second-order valence-electron chi connectivity index (χ2n) is 3.09. The fourth-order valence-corrected chi connectivity index (χ4v) is 1.19. The third kappa shape index (κ3) is 2.29. The standard InChI is InChI=1S/C10H12FNO2/c1-2-9(12)6-3-7(10(13)14)5-8(11)4-6/h3-5,9H,2,12H2,1H3,(H,13,14). The van der Waals surface area contributed by atoms with Gasteiger partial charge in [-0.1, -0.05) is 6.92 Å². The minimum atomic E-state index is -1.14. The summed E-state index contributed by atoms with van der Waals surface area (Å²) >= 11 is 0. The summed E-state index contributed by atoms with van der Waals surface area (Å²) in [5.74, 6) is -1.71. The lowest BCUT2D eigenvalue weighted by Gasteiger charge is -2.09. The molecule has 0 saturated heterocycles. The van der Waals surface area contributed by atoms with E-state index in [9.17, 15) is 9.18 Å². The van der Waals surface area contributed by atoms with Crippen LogP contribution in [0.25, 0.3) is 0 Å². The fourth-order valence-electron chi connectivity index (χ4n) is 1.19. The van der Waals surface area contributed by atoms with Crippen molar-refractivity contribution in [3.63, 3.8) is 0 Å². The van der Waals surface area contributed by atoms with Gasteiger partial charge in [-0.3, -0.25) is 0 Å². The van der Waals surface area contributed by atoms with Crippen LogP contribution in [-0.2, 0) is 0 Å². The van der Waals surface area contributed by atoms with Crippen LogP contribution in [0, 0.1) is 5.82 Å². The van der Waals surface area contributed by atoms with E-state index >= 15 is 0 Å². The number of benzene rings is 1. The molecule has 4 heteroatoms. The van der Waals surface area contributed by atoms with Crippen molar-refractivity contribution >= 4 is 5.97 Å². The average Bonchev–Trinajstić information content (AvgIpc) is 2.15. The van der Waals surface area contributed by atoms with Gasteiger partial charge in [0, 0.05) is 6.04 Å². The first kappa shape index (κ1) is 10.7. The number of halogens is 1. The lowest BCUT2D eigenvalue weighted by atomic mass is 10.0. The summed E-state index contributed by atoms with van der Waals surface area (Å²) in [5, 5.41) is 8.68. The summed E-state index contributed by atoms with van der Waals surface area (Å²) in [5.41, 5.74) is 6.13. The maximum atomic E-state index is 13.0. The molecule has 1 rings (SSSR count). The molecule has 1 aromatic carbocycles. The number of carboxylic acids is 1. The van der Waals surface area contributed by atoms with Gasteiger partial charge >= 0.3 is 5.97 Å². The molecule has 0 heterocycles. The van der Waals surface area contributed by atoms with Crippen LogP contribution in [0.1, 0.15) is 35.3 Å². The molecule has 3 nitrogen and oxygen atoms in total. The zero-order chi connectivity index (χ0) is 10.7. The van der Waals surface area contributed by atoms with Crippen molar-refractivity contribution in [3.8, 4) is 0 Å². The number of nitrogens with two attached hydrogens (primary N) is 1. The van der Waals surface area contributed by atoms with Crippen LogP contribution in [0.3, 0.4) is 0 Å². The van der Waals surface area contributed by atoms with Crippen molar-refractivity contribution in [1.29, 1.82) is 0 Å². The van der Waals surface area contributed by atoms with Crippen LogP contribution >= 0.6 is 0 Å². The number of aromatic carboxylic acids is 1. The van der Waals surface area contributed by atoms with Crippen LogP contribution in [0.2, 0.25) is 0 Å². The molecular formula is C10H12FNO2. The van der Waals surface area contributed by atoms with Crippen molar-refractivity contribution in [2.24, 2.45) is 5.73 Å². The van der Waals surface area contributed by atoms with Gasteiger partial charge in [-0.25, -0.2) is 9.18 Å². The van der Waals surface area contributed by atoms with Crippen molar-refractivity contribution < 1.29 is 14.3 Å². The quantitative estimate of drug-likeness (QED) is 0.778. The Morgan fingerprint density at radius 2 is 2.21 bits per heavy atom. The monoisotopic (exact) mass is 197 g/mol. The highest BCUT2D eigenvalue weighted by atomic mass is 19.1. The molecule has 0 aliphatic heterocycles. The maximum Gasteiger partial charge on any atom is 0.335 e. The first-order valence-corrected chi connectivity index (χ1v) is 4.34. The van der Waals surface area contributed by atoms with Crippen LogP contribution in [0.4, 0.5) is 4.39 Å². The van der Waals surface area contributed by atoms with E-state index in [1.165, 1.54) is 12.1 Å². The molecule has 1 atom stereocenters. The highest BCUT2D eigenvalue weighted by Gasteiger charge is 2.10. The Balaban J connectivity index is 3.13. The van der Waals surface area contributed by atoms with E-state index in [-0.39, 0.29) is 11.6 Å². The molecule has 0 saturated carbocycles. The van der Waals surface area contributed by atoms with Crippen molar-refractivity contribution in [1.82, 2.24) is 0 Å². The van der Waals surface area contributed by atoms with Crippen molar-refractivity contribution in [3.05, 3.63) is 35.1 Å². The van der Waals surface area contributed by atoms with Gasteiger partial charge in [0.1, 0.15) is 5.82 Å². The lowest BCUT2D eigenvalue weighted by Crippen LogP contribution is -2.10. The van der Waals surface area contributed by atoms with Crippen molar-refractivity contribution in [2.75, 3.05) is 0 Å². The van der Waals surface area contributed by atoms with Crippen molar-refractivity contribution in [2.45, 2.75) is 19.4 Å². The van der Waals surface area contributed by atoms with Crippen LogP contribution in [0.15, 0.2) is 18.2 Å². The van der Waals surface area contributed by atoms with Gasteiger partial charge in [0.2, 0.25) is 0 Å². The Bertz CT molecular complexity index is 352. The highest BCUT2D eigenvalue weighted by Crippen LogP contribution is 2.17. The zero-order valence-electron chi connectivity index (χ0n) is 7.83. The highest BCUT2D eigenvalue weighted by molar-refractivity contribution is 5.87. The molecule has 3 N–H and O–H groups in total. The van der Waals surface area contributed by atoms with E-state index in [0.29, 0.717) is 12.0 Å². The van der Waals surface area contributed by atoms with Crippen LogP contribution in [-0.4, -0.2) is 11.1 Å². The smallest absolute Gasteiger partial charge is 0.335 e. The molecule has 0 fully saturated rings. The second-order valence-corrected chi connectivity index (χ2v) is 3.09. The molecule has 1 aromatic rings. The number of carboxylic acid groups (broad SMARTS) is 1. The summed E-state index contributed by atoms with van der Waals surface area (Å²) in [6.07, 6.45) is 0.641. The zero-order valence-corrected chi connectivity index (χ0v) is 7.83. The first-order valence-electron chi connectivity index (χ1n) is 4.34. The Morgan fingerprint density at radius 1 is 1.57 bits per heavy atom. The third-order valence-electron chi connectivity index (χ3n) is 2.04. The summed E-state index contributed by atoms with van der Waals surface area (Å²) in [4.78, 5) is 10.6. The minimum Gasteiger partial charge on any atom is -0.478 e. The topological polar surface area (TPSA) is 63.3 Å². The van der Waals surface area contributed by atoms with E-state index in [2.05, 4.69) is 0 Å². The number of hydrogen-bond acceptors (Lipinski definition) is 2. The van der Waals surface area contributed by atoms with Gasteiger partial charge in [-0.05, 0) is 30.2 Å². The lowest BCUT2D eigenvalue weighted by molar-refractivity contribution is 0.0696. The third-order valence-corrected chi connectivity index (χ3v) is 2.04. The van der Waals surface area contributed by atoms with E-state index in [4.69, 9.17) is 10.8 Å². The molecule has 0 aromatic heterocycles. The number of rotatable bonds is 3. The molecule has 0 radical (unpaired) electrons. The minimum absolute atomic E-state index is 0.0658. The molecule has 0 aliphatic carbocycles.